The van der Waals surface area contributed by atoms with Crippen molar-refractivity contribution in [2.45, 2.75) is 25.9 Å². The summed E-state index contributed by atoms with van der Waals surface area (Å²) in [6, 6.07) is 8.18. The lowest BCUT2D eigenvalue weighted by Gasteiger charge is -2.22. The molecule has 1 atom stereocenters. The van der Waals surface area contributed by atoms with Gasteiger partial charge >= 0.3 is 0 Å². The van der Waals surface area contributed by atoms with Crippen LogP contribution >= 0.6 is 27.5 Å². The number of nitrogens with one attached hydrogen (secondary N) is 1. The van der Waals surface area contributed by atoms with Crippen molar-refractivity contribution in [3.05, 3.63) is 51.2 Å². The van der Waals surface area contributed by atoms with Crippen LogP contribution < -0.4 is 5.32 Å². The van der Waals surface area contributed by atoms with Gasteiger partial charge in [0.1, 0.15) is 0 Å². The van der Waals surface area contributed by atoms with Gasteiger partial charge in [-0.3, -0.25) is 4.68 Å². The van der Waals surface area contributed by atoms with Gasteiger partial charge < -0.3 is 5.32 Å². The maximum absolute atomic E-state index is 6.31. The van der Waals surface area contributed by atoms with E-state index >= 15 is 0 Å². The molecule has 19 heavy (non-hydrogen) atoms. The lowest BCUT2D eigenvalue weighted by molar-refractivity contribution is 0.483. The van der Waals surface area contributed by atoms with Gasteiger partial charge in [0.05, 0.1) is 22.4 Å². The second-order valence-electron chi connectivity index (χ2n) is 4.66. The first kappa shape index (κ1) is 14.6. The van der Waals surface area contributed by atoms with E-state index in [0.29, 0.717) is 6.04 Å². The molecule has 1 aromatic heterocycles. The van der Waals surface area contributed by atoms with E-state index < -0.39 is 0 Å². The summed E-state index contributed by atoms with van der Waals surface area (Å²) in [5, 5.41) is 8.50. The zero-order valence-corrected chi connectivity index (χ0v) is 13.5. The molecule has 0 aliphatic rings. The van der Waals surface area contributed by atoms with E-state index in [-0.39, 0.29) is 6.04 Å². The minimum absolute atomic E-state index is 0.00738. The fourth-order valence-corrected chi connectivity index (χ4v) is 2.93. The summed E-state index contributed by atoms with van der Waals surface area (Å²) in [5.41, 5.74) is 2.14. The van der Waals surface area contributed by atoms with Crippen molar-refractivity contribution in [3.63, 3.8) is 0 Å². The van der Waals surface area contributed by atoms with Crippen LogP contribution in [0.2, 0.25) is 5.02 Å². The Hall–Kier alpha value is -0.840. The highest BCUT2D eigenvalue weighted by Gasteiger charge is 2.23. The summed E-state index contributed by atoms with van der Waals surface area (Å²) < 4.78 is 3.00. The number of rotatable bonds is 4. The minimum atomic E-state index is 0.00738. The van der Waals surface area contributed by atoms with Crippen molar-refractivity contribution >= 4 is 27.5 Å². The third-order valence-electron chi connectivity index (χ3n) is 3.05. The lowest BCUT2D eigenvalue weighted by atomic mass is 10.0. The molecular weight excluding hydrogens is 326 g/mol. The van der Waals surface area contributed by atoms with E-state index in [0.717, 1.165) is 20.8 Å². The van der Waals surface area contributed by atoms with Crippen molar-refractivity contribution in [2.75, 3.05) is 7.05 Å². The van der Waals surface area contributed by atoms with Crippen LogP contribution in [0.15, 0.2) is 34.9 Å². The normalized spacial score (nSPS) is 12.9. The predicted molar refractivity (Wildman–Crippen MR) is 82.7 cm³/mol. The highest BCUT2D eigenvalue weighted by atomic mass is 79.9. The standard InChI is InChI=1S/C14H17BrClN3/c1-9(2)19-14(11(15)8-18-19)13(17-3)10-6-4-5-7-12(10)16/h4-9,13,17H,1-3H3. The fraction of sp³-hybridized carbons (Fsp3) is 0.357. The number of halogens is 2. The Morgan fingerprint density at radius 1 is 1.32 bits per heavy atom. The highest BCUT2D eigenvalue weighted by Crippen LogP contribution is 2.33. The lowest BCUT2D eigenvalue weighted by Crippen LogP contribution is -2.23. The third-order valence-corrected chi connectivity index (χ3v) is 4.01. The third kappa shape index (κ3) is 2.86. The number of hydrogen-bond donors (Lipinski definition) is 1. The molecule has 0 bridgehead atoms. The van der Waals surface area contributed by atoms with Gasteiger partial charge in [-0.2, -0.15) is 5.10 Å². The van der Waals surface area contributed by atoms with E-state index in [1.807, 2.05) is 42.2 Å². The zero-order valence-electron chi connectivity index (χ0n) is 11.2. The molecule has 2 aromatic rings. The number of nitrogens with zero attached hydrogens (tertiary/aromatic N) is 2. The summed E-state index contributed by atoms with van der Waals surface area (Å²) in [6.45, 7) is 4.23. The van der Waals surface area contributed by atoms with E-state index in [2.05, 4.69) is 40.2 Å². The van der Waals surface area contributed by atoms with Gasteiger partial charge in [-0.15, -0.1) is 0 Å². The molecule has 1 heterocycles. The van der Waals surface area contributed by atoms with Crippen molar-refractivity contribution in [1.82, 2.24) is 15.1 Å². The summed E-state index contributed by atoms with van der Waals surface area (Å²) in [4.78, 5) is 0. The molecule has 0 radical (unpaired) electrons. The van der Waals surface area contributed by atoms with Crippen LogP contribution in [-0.4, -0.2) is 16.8 Å². The molecule has 3 nitrogen and oxygen atoms in total. The number of aromatic nitrogens is 2. The second-order valence-corrected chi connectivity index (χ2v) is 5.92. The van der Waals surface area contributed by atoms with Gasteiger partial charge in [-0.1, -0.05) is 29.8 Å². The molecule has 0 saturated carbocycles. The summed E-state index contributed by atoms with van der Waals surface area (Å²) in [6.07, 6.45) is 1.83. The fourth-order valence-electron chi connectivity index (χ4n) is 2.18. The maximum atomic E-state index is 6.31. The topological polar surface area (TPSA) is 29.9 Å². The number of hydrogen-bond acceptors (Lipinski definition) is 2. The molecule has 102 valence electrons. The summed E-state index contributed by atoms with van der Waals surface area (Å²) >= 11 is 9.90. The smallest absolute Gasteiger partial charge is 0.0772 e. The first-order valence-corrected chi connectivity index (χ1v) is 7.38. The molecule has 0 aliphatic carbocycles. The van der Waals surface area contributed by atoms with E-state index in [1.165, 1.54) is 0 Å². The average Bonchev–Trinajstić information content (AvgIpc) is 2.75. The van der Waals surface area contributed by atoms with Gasteiger partial charge in [0.2, 0.25) is 0 Å². The molecule has 0 amide bonds. The van der Waals surface area contributed by atoms with Crippen LogP contribution in [0.4, 0.5) is 0 Å². The molecule has 1 unspecified atom stereocenters. The van der Waals surface area contributed by atoms with Gasteiger partial charge in [0.15, 0.2) is 0 Å². The monoisotopic (exact) mass is 341 g/mol. The molecule has 0 fully saturated rings. The molecule has 5 heteroatoms. The Balaban J connectivity index is 2.55. The van der Waals surface area contributed by atoms with E-state index in [9.17, 15) is 0 Å². The van der Waals surface area contributed by atoms with E-state index in [1.54, 1.807) is 0 Å². The SMILES string of the molecule is CNC(c1ccccc1Cl)c1c(Br)cnn1C(C)C. The Kier molecular flexibility index (Phi) is 4.66. The van der Waals surface area contributed by atoms with Gasteiger partial charge in [-0.25, -0.2) is 0 Å². The molecule has 1 aromatic carbocycles. The molecule has 0 spiro atoms. The van der Waals surface area contributed by atoms with Crippen LogP contribution in [0.5, 0.6) is 0 Å². The maximum Gasteiger partial charge on any atom is 0.0772 e. The largest absolute Gasteiger partial charge is 0.308 e. The van der Waals surface area contributed by atoms with Crippen LogP contribution in [0.3, 0.4) is 0 Å². The van der Waals surface area contributed by atoms with Crippen molar-refractivity contribution in [3.8, 4) is 0 Å². The van der Waals surface area contributed by atoms with Crippen LogP contribution in [0, 0.1) is 0 Å². The summed E-state index contributed by atoms with van der Waals surface area (Å²) in [5.74, 6) is 0. The van der Waals surface area contributed by atoms with Crippen molar-refractivity contribution < 1.29 is 0 Å². The van der Waals surface area contributed by atoms with Crippen molar-refractivity contribution in [1.29, 1.82) is 0 Å². The first-order chi connectivity index (χ1) is 9.06. The number of benzene rings is 1. The molecular formula is C14H17BrClN3. The molecule has 2 rings (SSSR count). The van der Waals surface area contributed by atoms with E-state index in [4.69, 9.17) is 11.6 Å². The predicted octanol–water partition coefficient (Wildman–Crippen LogP) is 4.19. The highest BCUT2D eigenvalue weighted by molar-refractivity contribution is 9.10. The van der Waals surface area contributed by atoms with Crippen LogP contribution in [-0.2, 0) is 0 Å². The first-order valence-electron chi connectivity index (χ1n) is 6.20. The molecule has 0 aliphatic heterocycles. The quantitative estimate of drug-likeness (QED) is 0.903. The molecule has 0 saturated heterocycles. The Morgan fingerprint density at radius 2 is 2.00 bits per heavy atom. The van der Waals surface area contributed by atoms with Crippen molar-refractivity contribution in [2.24, 2.45) is 0 Å². The van der Waals surface area contributed by atoms with Crippen LogP contribution in [0.25, 0.3) is 0 Å². The zero-order chi connectivity index (χ0) is 14.0. The average molecular weight is 343 g/mol. The van der Waals surface area contributed by atoms with Gasteiger partial charge in [-0.05, 0) is 48.5 Å². The second kappa shape index (κ2) is 6.07. The van der Waals surface area contributed by atoms with Gasteiger partial charge in [0, 0.05) is 11.1 Å². The van der Waals surface area contributed by atoms with Gasteiger partial charge in [0.25, 0.3) is 0 Å². The Morgan fingerprint density at radius 3 is 2.58 bits per heavy atom. The summed E-state index contributed by atoms with van der Waals surface area (Å²) in [7, 11) is 1.93. The Labute approximate surface area is 127 Å². The minimum Gasteiger partial charge on any atom is -0.308 e. The van der Waals surface area contributed by atoms with Crippen LogP contribution in [0.1, 0.15) is 37.2 Å². The molecule has 1 N–H and O–H groups in total. The Bertz CT molecular complexity index is 566.